The third-order valence-electron chi connectivity index (χ3n) is 7.26. The first kappa shape index (κ1) is 25.1. The summed E-state index contributed by atoms with van der Waals surface area (Å²) in [4.78, 5) is 17.0. The van der Waals surface area contributed by atoms with E-state index in [0.29, 0.717) is 0 Å². The molecule has 36 heavy (non-hydrogen) atoms. The summed E-state index contributed by atoms with van der Waals surface area (Å²) < 4.78 is 5.57. The van der Waals surface area contributed by atoms with E-state index in [1.807, 2.05) is 30.5 Å². The van der Waals surface area contributed by atoms with E-state index >= 15 is 0 Å². The molecule has 4 heterocycles. The summed E-state index contributed by atoms with van der Waals surface area (Å²) >= 11 is 6.12. The summed E-state index contributed by atoms with van der Waals surface area (Å²) in [6.07, 6.45) is 3.94. The standard InChI is InChI=1S/C28H37ClN6O/c1-3-23-27(19-21(2)32-28(23)35-15-17-36-18-16-35)34-13-11-33(12-14-34)10-4-8-30-25-7-9-31-26-20-22(29)5-6-24(25)26/h5-7,9,19-20H,3-4,8,10-18H2,1-2H3,(H,30,31). The summed E-state index contributed by atoms with van der Waals surface area (Å²) in [7, 11) is 0. The van der Waals surface area contributed by atoms with Gasteiger partial charge in [0.15, 0.2) is 0 Å². The number of halogens is 1. The number of morpholine rings is 1. The number of fused-ring (bicyclic) bond motifs is 1. The van der Waals surface area contributed by atoms with E-state index in [4.69, 9.17) is 21.3 Å². The number of nitrogens with one attached hydrogen (secondary N) is 1. The zero-order valence-electron chi connectivity index (χ0n) is 21.5. The lowest BCUT2D eigenvalue weighted by atomic mass is 10.1. The van der Waals surface area contributed by atoms with Crippen LogP contribution in [0.2, 0.25) is 5.02 Å². The average molecular weight is 509 g/mol. The van der Waals surface area contributed by atoms with E-state index in [0.717, 1.165) is 112 Å². The van der Waals surface area contributed by atoms with Gasteiger partial charge in [0.25, 0.3) is 0 Å². The minimum absolute atomic E-state index is 0.719. The third kappa shape index (κ3) is 5.69. The van der Waals surface area contributed by atoms with E-state index in [-0.39, 0.29) is 0 Å². The van der Waals surface area contributed by atoms with E-state index in [1.165, 1.54) is 11.3 Å². The lowest BCUT2D eigenvalue weighted by molar-refractivity contribution is 0.122. The molecule has 0 aliphatic carbocycles. The van der Waals surface area contributed by atoms with Crippen LogP contribution in [0.4, 0.5) is 17.2 Å². The first-order chi connectivity index (χ1) is 17.6. The number of aryl methyl sites for hydroxylation is 1. The van der Waals surface area contributed by atoms with Crippen molar-refractivity contribution in [1.82, 2.24) is 14.9 Å². The number of hydrogen-bond acceptors (Lipinski definition) is 7. The van der Waals surface area contributed by atoms with Gasteiger partial charge in [-0.1, -0.05) is 18.5 Å². The van der Waals surface area contributed by atoms with Gasteiger partial charge in [0.05, 0.1) is 18.7 Å². The Labute approximate surface area is 219 Å². The van der Waals surface area contributed by atoms with E-state index in [9.17, 15) is 0 Å². The highest BCUT2D eigenvalue weighted by Crippen LogP contribution is 2.31. The van der Waals surface area contributed by atoms with Crippen molar-refractivity contribution in [2.24, 2.45) is 0 Å². The minimum atomic E-state index is 0.719. The SMILES string of the molecule is CCc1c(N2CCN(CCCNc3ccnc4cc(Cl)ccc34)CC2)cc(C)nc1N1CCOCC1. The Morgan fingerprint density at radius 2 is 1.81 bits per heavy atom. The van der Waals surface area contributed by atoms with Crippen LogP contribution in [-0.4, -0.2) is 80.4 Å². The fourth-order valence-electron chi connectivity index (χ4n) is 5.34. The average Bonchev–Trinajstić information content (AvgIpc) is 2.91. The van der Waals surface area contributed by atoms with Gasteiger partial charge >= 0.3 is 0 Å². The van der Waals surface area contributed by atoms with Gasteiger partial charge in [-0.3, -0.25) is 9.88 Å². The molecule has 2 aromatic heterocycles. The normalized spacial score (nSPS) is 17.1. The van der Waals surface area contributed by atoms with Gasteiger partial charge in [-0.2, -0.15) is 0 Å². The van der Waals surface area contributed by atoms with Crippen molar-refractivity contribution in [3.05, 3.63) is 52.8 Å². The number of benzene rings is 1. The molecule has 2 fully saturated rings. The number of anilines is 3. The fourth-order valence-corrected chi connectivity index (χ4v) is 5.50. The number of hydrogen-bond donors (Lipinski definition) is 1. The predicted octanol–water partition coefficient (Wildman–Crippen LogP) is 4.61. The third-order valence-corrected chi connectivity index (χ3v) is 7.49. The van der Waals surface area contributed by atoms with Crippen LogP contribution < -0.4 is 15.1 Å². The molecule has 0 amide bonds. The van der Waals surface area contributed by atoms with Gasteiger partial charge in [0.1, 0.15) is 5.82 Å². The fraction of sp³-hybridized carbons (Fsp3) is 0.500. The summed E-state index contributed by atoms with van der Waals surface area (Å²) in [5, 5.41) is 5.44. The molecule has 5 rings (SSSR count). The lowest BCUT2D eigenvalue weighted by Gasteiger charge is -2.38. The first-order valence-electron chi connectivity index (χ1n) is 13.2. The highest BCUT2D eigenvalue weighted by Gasteiger charge is 2.24. The van der Waals surface area contributed by atoms with Gasteiger partial charge in [-0.25, -0.2) is 4.98 Å². The molecule has 2 aliphatic heterocycles. The highest BCUT2D eigenvalue weighted by molar-refractivity contribution is 6.31. The molecule has 192 valence electrons. The van der Waals surface area contributed by atoms with E-state index in [1.54, 1.807) is 0 Å². The molecule has 0 radical (unpaired) electrons. The van der Waals surface area contributed by atoms with Crippen molar-refractivity contribution < 1.29 is 4.74 Å². The molecule has 3 aromatic rings. The Morgan fingerprint density at radius 1 is 1.00 bits per heavy atom. The molecule has 1 N–H and O–H groups in total. The molecule has 2 saturated heterocycles. The number of aromatic nitrogens is 2. The summed E-state index contributed by atoms with van der Waals surface area (Å²) in [6, 6.07) is 10.2. The maximum absolute atomic E-state index is 6.12. The topological polar surface area (TPSA) is 56.8 Å². The summed E-state index contributed by atoms with van der Waals surface area (Å²) in [5.41, 5.74) is 5.91. The molecule has 0 spiro atoms. The van der Waals surface area contributed by atoms with Crippen molar-refractivity contribution in [2.45, 2.75) is 26.7 Å². The molecule has 2 aliphatic rings. The van der Waals surface area contributed by atoms with Crippen LogP contribution in [-0.2, 0) is 11.2 Å². The van der Waals surface area contributed by atoms with E-state index < -0.39 is 0 Å². The lowest BCUT2D eigenvalue weighted by Crippen LogP contribution is -2.47. The van der Waals surface area contributed by atoms with E-state index in [2.05, 4.69) is 44.9 Å². The number of ether oxygens (including phenoxy) is 1. The Bertz CT molecular complexity index is 1170. The van der Waals surface area contributed by atoms with Gasteiger partial charge < -0.3 is 19.9 Å². The van der Waals surface area contributed by atoms with Crippen LogP contribution in [0.1, 0.15) is 24.6 Å². The molecule has 0 saturated carbocycles. The van der Waals surface area contributed by atoms with Crippen molar-refractivity contribution in [3.63, 3.8) is 0 Å². The second-order valence-corrected chi connectivity index (χ2v) is 10.1. The van der Waals surface area contributed by atoms with Gasteiger partial charge in [-0.15, -0.1) is 0 Å². The number of piperazine rings is 1. The second-order valence-electron chi connectivity index (χ2n) is 9.67. The molecule has 0 unspecified atom stereocenters. The van der Waals surface area contributed by atoms with Crippen LogP contribution in [0, 0.1) is 6.92 Å². The monoisotopic (exact) mass is 508 g/mol. The van der Waals surface area contributed by atoms with Crippen LogP contribution in [0.25, 0.3) is 10.9 Å². The smallest absolute Gasteiger partial charge is 0.134 e. The first-order valence-corrected chi connectivity index (χ1v) is 13.6. The number of pyridine rings is 2. The molecule has 7 nitrogen and oxygen atoms in total. The van der Waals surface area contributed by atoms with Crippen molar-refractivity contribution in [1.29, 1.82) is 0 Å². The molecule has 0 bridgehead atoms. The van der Waals surface area contributed by atoms with Crippen LogP contribution in [0.15, 0.2) is 36.5 Å². The quantitative estimate of drug-likeness (QED) is 0.446. The summed E-state index contributed by atoms with van der Waals surface area (Å²) in [6.45, 7) is 14.1. The van der Waals surface area contributed by atoms with Crippen LogP contribution in [0.5, 0.6) is 0 Å². The zero-order valence-corrected chi connectivity index (χ0v) is 22.2. The van der Waals surface area contributed by atoms with Crippen LogP contribution in [0.3, 0.4) is 0 Å². The molecule has 0 atom stereocenters. The van der Waals surface area contributed by atoms with Gasteiger partial charge in [-0.05, 0) is 56.6 Å². The Kier molecular flexibility index (Phi) is 8.09. The molecule has 8 heteroatoms. The maximum atomic E-state index is 6.12. The largest absolute Gasteiger partial charge is 0.384 e. The zero-order chi connectivity index (χ0) is 24.9. The molecule has 1 aromatic carbocycles. The minimum Gasteiger partial charge on any atom is -0.384 e. The second kappa shape index (κ2) is 11.6. The highest BCUT2D eigenvalue weighted by atomic mass is 35.5. The van der Waals surface area contributed by atoms with Gasteiger partial charge in [0.2, 0.25) is 0 Å². The Morgan fingerprint density at radius 3 is 2.58 bits per heavy atom. The maximum Gasteiger partial charge on any atom is 0.134 e. The predicted molar refractivity (Wildman–Crippen MR) is 150 cm³/mol. The van der Waals surface area contributed by atoms with Crippen molar-refractivity contribution in [2.75, 3.05) is 80.7 Å². The number of nitrogens with zero attached hydrogens (tertiary/aromatic N) is 5. The molecular formula is C28H37ClN6O. The van der Waals surface area contributed by atoms with Crippen LogP contribution >= 0.6 is 11.6 Å². The van der Waals surface area contributed by atoms with Crippen molar-refractivity contribution >= 4 is 39.7 Å². The Balaban J connectivity index is 1.15. The Hall–Kier alpha value is -2.61. The molecular weight excluding hydrogens is 472 g/mol. The summed E-state index contributed by atoms with van der Waals surface area (Å²) in [5.74, 6) is 1.16. The number of rotatable bonds is 8. The van der Waals surface area contributed by atoms with Crippen molar-refractivity contribution in [3.8, 4) is 0 Å². The van der Waals surface area contributed by atoms with Gasteiger partial charge in [0, 0.05) is 85.1 Å².